The lowest BCUT2D eigenvalue weighted by molar-refractivity contribution is 0.968. The Labute approximate surface area is 64.6 Å². The monoisotopic (exact) mass is 148 g/mol. The Balaban J connectivity index is 2.23. The van der Waals surface area contributed by atoms with E-state index < -0.39 is 0 Å². The van der Waals surface area contributed by atoms with Crippen molar-refractivity contribution in [3.05, 3.63) is 18.5 Å². The first kappa shape index (κ1) is 6.27. The first-order chi connectivity index (χ1) is 5.47. The van der Waals surface area contributed by atoms with Gasteiger partial charge in [-0.25, -0.2) is 9.97 Å². The van der Waals surface area contributed by atoms with E-state index in [0.717, 1.165) is 19.0 Å². The Bertz CT molecular complexity index is 256. The molecule has 0 radical (unpaired) electrons. The molecule has 1 aromatic rings. The van der Waals surface area contributed by atoms with Gasteiger partial charge in [-0.15, -0.1) is 0 Å². The van der Waals surface area contributed by atoms with E-state index in [-0.39, 0.29) is 0 Å². The third kappa shape index (κ3) is 1.19. The van der Waals surface area contributed by atoms with Crippen LogP contribution in [0.2, 0.25) is 0 Å². The van der Waals surface area contributed by atoms with Crippen LogP contribution in [0.15, 0.2) is 23.5 Å². The molecule has 56 valence electrons. The van der Waals surface area contributed by atoms with Crippen molar-refractivity contribution in [1.82, 2.24) is 9.97 Å². The third-order valence-electron chi connectivity index (χ3n) is 1.50. The molecule has 0 N–H and O–H groups in total. The summed E-state index contributed by atoms with van der Waals surface area (Å²) in [6.07, 6.45) is 5.23. The predicted molar refractivity (Wildman–Crippen MR) is 42.7 cm³/mol. The molecular formula is C7H8N4. The number of hydrogen-bond acceptors (Lipinski definition) is 4. The number of aromatic nitrogens is 2. The highest BCUT2D eigenvalue weighted by molar-refractivity contribution is 5.77. The maximum Gasteiger partial charge on any atom is 0.230 e. The average Bonchev–Trinajstić information content (AvgIpc) is 2.58. The van der Waals surface area contributed by atoms with Crippen LogP contribution in [-0.4, -0.2) is 29.4 Å². The fourth-order valence-corrected chi connectivity index (χ4v) is 0.971. The Hall–Kier alpha value is -1.45. The van der Waals surface area contributed by atoms with Crippen LogP contribution in [0.1, 0.15) is 0 Å². The van der Waals surface area contributed by atoms with Gasteiger partial charge in [0, 0.05) is 18.9 Å². The van der Waals surface area contributed by atoms with Crippen LogP contribution in [-0.2, 0) is 0 Å². The molecule has 0 aromatic carbocycles. The molecule has 0 aliphatic carbocycles. The van der Waals surface area contributed by atoms with E-state index in [1.807, 2.05) is 4.90 Å². The molecule has 1 aromatic heterocycles. The number of hydrogen-bond donors (Lipinski definition) is 0. The minimum atomic E-state index is 0.730. The smallest absolute Gasteiger partial charge is 0.230 e. The van der Waals surface area contributed by atoms with Gasteiger partial charge >= 0.3 is 0 Å². The van der Waals surface area contributed by atoms with E-state index >= 15 is 0 Å². The van der Waals surface area contributed by atoms with Crippen molar-refractivity contribution in [3.63, 3.8) is 0 Å². The average molecular weight is 148 g/mol. The van der Waals surface area contributed by atoms with E-state index in [1.54, 1.807) is 24.8 Å². The fourth-order valence-electron chi connectivity index (χ4n) is 0.971. The second kappa shape index (κ2) is 2.65. The second-order valence-corrected chi connectivity index (χ2v) is 2.26. The Kier molecular flexibility index (Phi) is 1.51. The molecule has 0 fully saturated rings. The van der Waals surface area contributed by atoms with Crippen molar-refractivity contribution in [2.45, 2.75) is 0 Å². The summed E-state index contributed by atoms with van der Waals surface area (Å²) in [7, 11) is 0. The van der Waals surface area contributed by atoms with Gasteiger partial charge in [0.15, 0.2) is 0 Å². The van der Waals surface area contributed by atoms with E-state index in [1.165, 1.54) is 0 Å². The molecule has 11 heavy (non-hydrogen) atoms. The number of nitrogens with zero attached hydrogens (tertiary/aromatic N) is 4. The quantitative estimate of drug-likeness (QED) is 0.576. The zero-order chi connectivity index (χ0) is 7.52. The zero-order valence-corrected chi connectivity index (χ0v) is 6.01. The van der Waals surface area contributed by atoms with Gasteiger partial charge in [-0.2, -0.15) is 0 Å². The van der Waals surface area contributed by atoms with Crippen molar-refractivity contribution in [2.24, 2.45) is 4.99 Å². The first-order valence-electron chi connectivity index (χ1n) is 3.50. The summed E-state index contributed by atoms with van der Waals surface area (Å²) in [5, 5.41) is 0. The Morgan fingerprint density at radius 2 is 2.09 bits per heavy atom. The summed E-state index contributed by atoms with van der Waals surface area (Å²) < 4.78 is 0. The largest absolute Gasteiger partial charge is 0.299 e. The second-order valence-electron chi connectivity index (χ2n) is 2.26. The fraction of sp³-hybridized carbons (Fsp3) is 0.286. The van der Waals surface area contributed by atoms with Gasteiger partial charge in [-0.05, 0) is 6.07 Å². The van der Waals surface area contributed by atoms with Crippen LogP contribution in [0.5, 0.6) is 0 Å². The molecule has 0 unspecified atom stereocenters. The van der Waals surface area contributed by atoms with Crippen molar-refractivity contribution in [2.75, 3.05) is 18.0 Å². The molecule has 4 heteroatoms. The third-order valence-corrected chi connectivity index (χ3v) is 1.50. The molecule has 0 bridgehead atoms. The molecule has 2 rings (SSSR count). The maximum atomic E-state index is 4.08. The summed E-state index contributed by atoms with van der Waals surface area (Å²) in [6.45, 7) is 1.74. The number of rotatable bonds is 1. The Morgan fingerprint density at radius 3 is 2.73 bits per heavy atom. The molecule has 4 nitrogen and oxygen atoms in total. The molecule has 2 heterocycles. The molecule has 0 amide bonds. The summed E-state index contributed by atoms with van der Waals surface area (Å²) in [6, 6.07) is 1.80. The van der Waals surface area contributed by atoms with Crippen molar-refractivity contribution in [1.29, 1.82) is 0 Å². The molecule has 1 aliphatic heterocycles. The van der Waals surface area contributed by atoms with Gasteiger partial charge in [-0.1, -0.05) is 0 Å². The lowest BCUT2D eigenvalue weighted by Crippen LogP contribution is -2.20. The molecule has 1 aliphatic rings. The zero-order valence-electron chi connectivity index (χ0n) is 6.01. The maximum absolute atomic E-state index is 4.08. The highest BCUT2D eigenvalue weighted by Gasteiger charge is 2.08. The summed E-state index contributed by atoms with van der Waals surface area (Å²) in [5.74, 6) is 0.730. The van der Waals surface area contributed by atoms with Crippen LogP contribution in [0.25, 0.3) is 0 Å². The van der Waals surface area contributed by atoms with Crippen molar-refractivity contribution in [3.8, 4) is 0 Å². The predicted octanol–water partition coefficient (Wildman–Crippen LogP) is 0.325. The van der Waals surface area contributed by atoms with Crippen LogP contribution < -0.4 is 4.90 Å². The van der Waals surface area contributed by atoms with Crippen LogP contribution in [0.4, 0.5) is 5.95 Å². The standard InChI is InChI=1S/C7H8N4/c1-2-9-7(10-3-1)11-5-4-8-6-11/h1-3,6H,4-5H2. The lowest BCUT2D eigenvalue weighted by atomic mass is 10.6. The summed E-state index contributed by atoms with van der Waals surface area (Å²) >= 11 is 0. The normalized spacial score (nSPS) is 15.8. The van der Waals surface area contributed by atoms with E-state index in [4.69, 9.17) is 0 Å². The summed E-state index contributed by atoms with van der Waals surface area (Å²) in [4.78, 5) is 14.2. The SMILES string of the molecule is C1=NCCN1c1ncccn1. The minimum Gasteiger partial charge on any atom is -0.299 e. The highest BCUT2D eigenvalue weighted by atomic mass is 15.3. The van der Waals surface area contributed by atoms with Crippen molar-refractivity contribution < 1.29 is 0 Å². The van der Waals surface area contributed by atoms with E-state index in [0.29, 0.717) is 0 Å². The molecular weight excluding hydrogens is 140 g/mol. The van der Waals surface area contributed by atoms with Gasteiger partial charge in [0.05, 0.1) is 12.9 Å². The van der Waals surface area contributed by atoms with Gasteiger partial charge in [-0.3, -0.25) is 9.89 Å². The van der Waals surface area contributed by atoms with E-state index in [9.17, 15) is 0 Å². The number of aliphatic imine (C=N–C) groups is 1. The van der Waals surface area contributed by atoms with Gasteiger partial charge in [0.2, 0.25) is 5.95 Å². The summed E-state index contributed by atoms with van der Waals surface area (Å²) in [5.41, 5.74) is 0. The molecule has 0 spiro atoms. The molecule has 0 saturated heterocycles. The van der Waals surface area contributed by atoms with Crippen LogP contribution in [0.3, 0.4) is 0 Å². The minimum absolute atomic E-state index is 0.730. The Morgan fingerprint density at radius 1 is 1.27 bits per heavy atom. The molecule has 0 saturated carbocycles. The van der Waals surface area contributed by atoms with Gasteiger partial charge in [0.25, 0.3) is 0 Å². The lowest BCUT2D eigenvalue weighted by Gasteiger charge is -2.09. The first-order valence-corrected chi connectivity index (χ1v) is 3.50. The molecule has 0 atom stereocenters. The number of anilines is 1. The van der Waals surface area contributed by atoms with Crippen LogP contribution in [0, 0.1) is 0 Å². The van der Waals surface area contributed by atoms with Gasteiger partial charge < -0.3 is 0 Å². The van der Waals surface area contributed by atoms with Crippen LogP contribution >= 0.6 is 0 Å². The van der Waals surface area contributed by atoms with Gasteiger partial charge in [0.1, 0.15) is 0 Å². The van der Waals surface area contributed by atoms with E-state index in [2.05, 4.69) is 15.0 Å². The highest BCUT2D eigenvalue weighted by Crippen LogP contribution is 2.04. The van der Waals surface area contributed by atoms with Crippen molar-refractivity contribution >= 4 is 12.3 Å². The topological polar surface area (TPSA) is 41.4 Å².